The van der Waals surface area contributed by atoms with Gasteiger partial charge in [0.05, 0.1) is 7.11 Å². The number of nitrogens with one attached hydrogen (secondary N) is 1. The Morgan fingerprint density at radius 3 is 2.71 bits per heavy atom. The normalized spacial score (nSPS) is 21.3. The first-order valence-electron chi connectivity index (χ1n) is 7.35. The molecule has 0 bridgehead atoms. The largest absolute Gasteiger partial charge is 0.492 e. The van der Waals surface area contributed by atoms with Crippen molar-refractivity contribution in [1.29, 1.82) is 0 Å². The van der Waals surface area contributed by atoms with Crippen LogP contribution >= 0.6 is 11.3 Å². The molecule has 2 unspecified atom stereocenters. The number of thiophene rings is 1. The van der Waals surface area contributed by atoms with E-state index in [0.29, 0.717) is 22.2 Å². The summed E-state index contributed by atoms with van der Waals surface area (Å²) >= 11 is 1.38. The SMILES string of the molecule is COc1c(NCC2CCC(C)C2)sc(C(=O)N(C)C)c1N. The van der Waals surface area contributed by atoms with Gasteiger partial charge in [-0.1, -0.05) is 13.3 Å². The predicted octanol–water partition coefficient (Wildman–Crippen LogP) is 2.89. The maximum absolute atomic E-state index is 12.1. The number of hydrogen-bond acceptors (Lipinski definition) is 5. The van der Waals surface area contributed by atoms with Crippen molar-refractivity contribution in [3.63, 3.8) is 0 Å². The molecule has 2 atom stereocenters. The van der Waals surface area contributed by atoms with Gasteiger partial charge in [-0.25, -0.2) is 0 Å². The first kappa shape index (κ1) is 15.9. The molecular formula is C15H25N3O2S. The molecule has 0 aromatic carbocycles. The number of anilines is 2. The fraction of sp³-hybridized carbons (Fsp3) is 0.667. The van der Waals surface area contributed by atoms with Gasteiger partial charge in [-0.15, -0.1) is 11.3 Å². The van der Waals surface area contributed by atoms with Crippen molar-refractivity contribution in [3.8, 4) is 5.75 Å². The van der Waals surface area contributed by atoms with Gasteiger partial charge in [0.1, 0.15) is 15.6 Å². The molecule has 21 heavy (non-hydrogen) atoms. The molecule has 1 heterocycles. The predicted molar refractivity (Wildman–Crippen MR) is 88.3 cm³/mol. The van der Waals surface area contributed by atoms with Crippen LogP contribution in [0.3, 0.4) is 0 Å². The molecule has 3 N–H and O–H groups in total. The second-order valence-corrected chi connectivity index (χ2v) is 7.09. The average molecular weight is 311 g/mol. The van der Waals surface area contributed by atoms with Gasteiger partial charge in [0.25, 0.3) is 5.91 Å². The van der Waals surface area contributed by atoms with E-state index in [1.165, 1.54) is 35.5 Å². The van der Waals surface area contributed by atoms with Gasteiger partial charge in [0, 0.05) is 20.6 Å². The smallest absolute Gasteiger partial charge is 0.265 e. The topological polar surface area (TPSA) is 67.6 Å². The van der Waals surface area contributed by atoms with Crippen molar-refractivity contribution < 1.29 is 9.53 Å². The van der Waals surface area contributed by atoms with E-state index in [9.17, 15) is 4.79 Å². The number of hydrogen-bond donors (Lipinski definition) is 2. The number of methoxy groups -OCH3 is 1. The molecule has 1 aromatic heterocycles. The zero-order chi connectivity index (χ0) is 15.6. The Bertz CT molecular complexity index is 513. The van der Waals surface area contributed by atoms with Crippen LogP contribution in [0.2, 0.25) is 0 Å². The summed E-state index contributed by atoms with van der Waals surface area (Å²) in [5, 5.41) is 4.29. The molecule has 0 saturated heterocycles. The zero-order valence-electron chi connectivity index (χ0n) is 13.2. The fourth-order valence-corrected chi connectivity index (χ4v) is 3.98. The maximum atomic E-state index is 12.1. The molecular weight excluding hydrogens is 286 g/mol. The molecule has 5 nitrogen and oxygen atoms in total. The van der Waals surface area contributed by atoms with Crippen LogP contribution in [-0.2, 0) is 0 Å². The molecule has 2 rings (SSSR count). The highest BCUT2D eigenvalue weighted by Gasteiger charge is 2.25. The highest BCUT2D eigenvalue weighted by molar-refractivity contribution is 7.19. The minimum Gasteiger partial charge on any atom is -0.492 e. The molecule has 0 spiro atoms. The van der Waals surface area contributed by atoms with E-state index in [4.69, 9.17) is 10.5 Å². The lowest BCUT2D eigenvalue weighted by atomic mass is 10.1. The first-order chi connectivity index (χ1) is 9.93. The molecule has 6 heteroatoms. The summed E-state index contributed by atoms with van der Waals surface area (Å²) in [6.07, 6.45) is 3.83. The Morgan fingerprint density at radius 2 is 2.19 bits per heavy atom. The van der Waals surface area contributed by atoms with Crippen molar-refractivity contribution >= 4 is 27.9 Å². The maximum Gasteiger partial charge on any atom is 0.265 e. The van der Waals surface area contributed by atoms with Gasteiger partial charge in [-0.3, -0.25) is 4.79 Å². The molecule has 0 radical (unpaired) electrons. The summed E-state index contributed by atoms with van der Waals surface area (Å²) in [6.45, 7) is 3.22. The van der Waals surface area contributed by atoms with Crippen molar-refractivity contribution in [1.82, 2.24) is 4.90 Å². The van der Waals surface area contributed by atoms with Gasteiger partial charge in [-0.05, 0) is 24.7 Å². The summed E-state index contributed by atoms with van der Waals surface area (Å²) in [7, 11) is 5.03. The summed E-state index contributed by atoms with van der Waals surface area (Å²) < 4.78 is 5.38. The number of nitrogens with two attached hydrogens (primary N) is 1. The van der Waals surface area contributed by atoms with Crippen LogP contribution in [0.4, 0.5) is 10.7 Å². The molecule has 1 amide bonds. The fourth-order valence-electron chi connectivity index (χ4n) is 2.86. The monoisotopic (exact) mass is 311 g/mol. The lowest BCUT2D eigenvalue weighted by molar-refractivity contribution is 0.0833. The van der Waals surface area contributed by atoms with Gasteiger partial charge >= 0.3 is 0 Å². The first-order valence-corrected chi connectivity index (χ1v) is 8.17. The molecule has 0 aliphatic heterocycles. The lowest BCUT2D eigenvalue weighted by Crippen LogP contribution is -2.21. The number of ether oxygens (including phenoxy) is 1. The Labute approximate surface area is 130 Å². The molecule has 118 valence electrons. The lowest BCUT2D eigenvalue weighted by Gasteiger charge is -2.12. The Hall–Kier alpha value is -1.43. The molecule has 1 aliphatic rings. The highest BCUT2D eigenvalue weighted by Crippen LogP contribution is 2.43. The average Bonchev–Trinajstić information content (AvgIpc) is 2.99. The van der Waals surface area contributed by atoms with Crippen LogP contribution in [0.15, 0.2) is 0 Å². The Kier molecular flexibility index (Phi) is 4.98. The van der Waals surface area contributed by atoms with Gasteiger partial charge in [0.15, 0.2) is 5.75 Å². The third kappa shape index (κ3) is 3.43. The van der Waals surface area contributed by atoms with Crippen LogP contribution < -0.4 is 15.8 Å². The van der Waals surface area contributed by atoms with E-state index in [1.54, 1.807) is 21.2 Å². The van der Waals surface area contributed by atoms with E-state index < -0.39 is 0 Å². The molecule has 1 saturated carbocycles. The number of nitrogens with zero attached hydrogens (tertiary/aromatic N) is 1. The van der Waals surface area contributed by atoms with E-state index >= 15 is 0 Å². The van der Waals surface area contributed by atoms with Crippen molar-refractivity contribution in [2.24, 2.45) is 11.8 Å². The highest BCUT2D eigenvalue weighted by atomic mass is 32.1. The minimum atomic E-state index is -0.0849. The van der Waals surface area contributed by atoms with E-state index in [2.05, 4.69) is 12.2 Å². The van der Waals surface area contributed by atoms with Crippen molar-refractivity contribution in [3.05, 3.63) is 4.88 Å². The number of nitrogen functional groups attached to an aromatic ring is 1. The second kappa shape index (κ2) is 6.56. The Morgan fingerprint density at radius 1 is 1.48 bits per heavy atom. The zero-order valence-corrected chi connectivity index (χ0v) is 14.0. The standard InChI is InChI=1S/C15H25N3O2S/c1-9-5-6-10(7-9)8-17-14-12(20-4)11(16)13(21-14)15(19)18(2)3/h9-10,17H,5-8,16H2,1-4H3. The molecule has 1 aromatic rings. The van der Waals surface area contributed by atoms with Gasteiger partial charge < -0.3 is 20.7 Å². The van der Waals surface area contributed by atoms with E-state index in [1.807, 2.05) is 0 Å². The van der Waals surface area contributed by atoms with E-state index in [0.717, 1.165) is 17.5 Å². The van der Waals surface area contributed by atoms with Crippen molar-refractivity contribution in [2.75, 3.05) is 38.8 Å². The summed E-state index contributed by atoms with van der Waals surface area (Å²) in [4.78, 5) is 14.2. The molecule has 1 fully saturated rings. The second-order valence-electron chi connectivity index (χ2n) is 6.07. The van der Waals surface area contributed by atoms with Crippen LogP contribution in [0.1, 0.15) is 35.9 Å². The third-order valence-electron chi connectivity index (χ3n) is 4.06. The minimum absolute atomic E-state index is 0.0849. The van der Waals surface area contributed by atoms with Gasteiger partial charge in [0.2, 0.25) is 0 Å². The van der Waals surface area contributed by atoms with Crippen LogP contribution in [0.5, 0.6) is 5.75 Å². The van der Waals surface area contributed by atoms with Crippen LogP contribution in [-0.4, -0.2) is 38.6 Å². The number of rotatable bonds is 5. The van der Waals surface area contributed by atoms with Crippen molar-refractivity contribution in [2.45, 2.75) is 26.2 Å². The van der Waals surface area contributed by atoms with Crippen LogP contribution in [0, 0.1) is 11.8 Å². The van der Waals surface area contributed by atoms with Crippen LogP contribution in [0.25, 0.3) is 0 Å². The quantitative estimate of drug-likeness (QED) is 0.877. The number of carbonyl (C=O) groups is 1. The third-order valence-corrected chi connectivity index (χ3v) is 5.19. The summed E-state index contributed by atoms with van der Waals surface area (Å²) in [5.74, 6) is 2.02. The number of amides is 1. The molecule has 1 aliphatic carbocycles. The Balaban J connectivity index is 2.11. The van der Waals surface area contributed by atoms with E-state index in [-0.39, 0.29) is 5.91 Å². The summed E-state index contributed by atoms with van der Waals surface area (Å²) in [6, 6.07) is 0. The van der Waals surface area contributed by atoms with Gasteiger partial charge in [-0.2, -0.15) is 0 Å². The summed E-state index contributed by atoms with van der Waals surface area (Å²) in [5.41, 5.74) is 6.49. The number of carbonyl (C=O) groups excluding carboxylic acids is 1.